The van der Waals surface area contributed by atoms with E-state index in [-0.39, 0.29) is 23.3 Å². The Balaban J connectivity index is 2.10. The average molecular weight is 332 g/mol. The van der Waals surface area contributed by atoms with Crippen LogP contribution < -0.4 is 4.74 Å². The van der Waals surface area contributed by atoms with Crippen molar-refractivity contribution >= 4 is 5.91 Å². The van der Waals surface area contributed by atoms with Crippen LogP contribution in [0.25, 0.3) is 0 Å². The van der Waals surface area contributed by atoms with Crippen molar-refractivity contribution in [1.29, 1.82) is 0 Å². The summed E-state index contributed by atoms with van der Waals surface area (Å²) in [5.74, 6) is -0.435. The summed E-state index contributed by atoms with van der Waals surface area (Å²) in [5.41, 5.74) is 0.0394. The number of pyridine rings is 1. The van der Waals surface area contributed by atoms with Crippen molar-refractivity contribution in [2.45, 2.75) is 19.5 Å². The van der Waals surface area contributed by atoms with E-state index in [1.807, 2.05) is 6.92 Å². The Hall–Kier alpha value is -1.83. The highest BCUT2D eigenvalue weighted by Gasteiger charge is 2.30. The molecule has 23 heavy (non-hydrogen) atoms. The van der Waals surface area contributed by atoms with Gasteiger partial charge in [-0.05, 0) is 25.5 Å². The van der Waals surface area contributed by atoms with Crippen molar-refractivity contribution in [3.8, 4) is 5.88 Å². The molecule has 128 valence electrons. The Bertz CT molecular complexity index is 531. The molecule has 0 aliphatic carbocycles. The first-order chi connectivity index (χ1) is 10.9. The molecule has 1 aliphatic heterocycles. The predicted molar refractivity (Wildman–Crippen MR) is 76.3 cm³/mol. The number of hydrogen-bond donors (Lipinski definition) is 0. The van der Waals surface area contributed by atoms with Crippen LogP contribution in [-0.4, -0.2) is 54.9 Å². The molecule has 0 saturated carbocycles. The van der Waals surface area contributed by atoms with Gasteiger partial charge in [0.05, 0.1) is 6.61 Å². The summed E-state index contributed by atoms with van der Waals surface area (Å²) in [7, 11) is 0. The summed E-state index contributed by atoms with van der Waals surface area (Å²) in [4.78, 5) is 17.9. The second kappa shape index (κ2) is 7.63. The maximum absolute atomic E-state index is 12.6. The molecule has 0 unspecified atom stereocenters. The Kier molecular flexibility index (Phi) is 5.81. The maximum atomic E-state index is 12.6. The predicted octanol–water partition coefficient (Wildman–Crippen LogP) is 2.52. The van der Waals surface area contributed by atoms with Crippen LogP contribution in [0.1, 0.15) is 23.7 Å². The maximum Gasteiger partial charge on any atom is 0.422 e. The highest BCUT2D eigenvalue weighted by atomic mass is 19.4. The highest BCUT2D eigenvalue weighted by Crippen LogP contribution is 2.22. The van der Waals surface area contributed by atoms with E-state index in [1.54, 1.807) is 4.90 Å². The molecule has 2 rings (SSSR count). The Morgan fingerprint density at radius 2 is 2.30 bits per heavy atom. The lowest BCUT2D eigenvalue weighted by atomic mass is 10.1. The van der Waals surface area contributed by atoms with Crippen LogP contribution in [0.4, 0.5) is 13.2 Å². The third-order valence-corrected chi connectivity index (χ3v) is 3.55. The van der Waals surface area contributed by atoms with E-state index in [0.717, 1.165) is 6.42 Å². The van der Waals surface area contributed by atoms with Crippen LogP contribution in [0, 0.1) is 5.92 Å². The van der Waals surface area contributed by atoms with Gasteiger partial charge in [-0.25, -0.2) is 4.98 Å². The van der Waals surface area contributed by atoms with Crippen molar-refractivity contribution in [1.82, 2.24) is 9.88 Å². The minimum absolute atomic E-state index is 0.0394. The second-order valence-corrected chi connectivity index (χ2v) is 5.33. The molecule has 1 aromatic heterocycles. The van der Waals surface area contributed by atoms with Gasteiger partial charge in [-0.15, -0.1) is 0 Å². The molecular formula is C15H19F3N2O3. The van der Waals surface area contributed by atoms with E-state index in [1.165, 1.54) is 18.3 Å². The summed E-state index contributed by atoms with van der Waals surface area (Å²) in [5, 5.41) is 0. The molecule has 8 heteroatoms. The molecule has 1 aromatic rings. The van der Waals surface area contributed by atoms with Gasteiger partial charge < -0.3 is 14.4 Å². The lowest BCUT2D eigenvalue weighted by molar-refractivity contribution is -0.154. The number of aromatic nitrogens is 1. The zero-order chi connectivity index (χ0) is 16.9. The Morgan fingerprint density at radius 1 is 1.52 bits per heavy atom. The smallest absolute Gasteiger partial charge is 0.422 e. The van der Waals surface area contributed by atoms with Gasteiger partial charge in [0.1, 0.15) is 5.56 Å². The molecule has 0 radical (unpaired) electrons. The summed E-state index contributed by atoms with van der Waals surface area (Å²) in [6, 6.07) is 2.93. The molecule has 1 amide bonds. The molecule has 0 N–H and O–H groups in total. The van der Waals surface area contributed by atoms with Gasteiger partial charge in [0.15, 0.2) is 6.61 Å². The van der Waals surface area contributed by atoms with Crippen molar-refractivity contribution in [3.63, 3.8) is 0 Å². The lowest BCUT2D eigenvalue weighted by Gasteiger charge is -2.24. The molecule has 1 atom stereocenters. The van der Waals surface area contributed by atoms with Gasteiger partial charge >= 0.3 is 6.18 Å². The standard InChI is InChI=1S/C15H19F3N2O3/c1-2-20(8-11-5-7-22-9-11)14(21)12-4-3-6-19-13(12)23-10-15(16,17)18/h3-4,6,11H,2,5,7-10H2,1H3/t11-/m0/s1. The molecule has 1 fully saturated rings. The topological polar surface area (TPSA) is 51.7 Å². The summed E-state index contributed by atoms with van der Waals surface area (Å²) in [6.45, 7) is 2.55. The Labute approximate surface area is 132 Å². The van der Waals surface area contributed by atoms with Crippen LogP contribution in [0.15, 0.2) is 18.3 Å². The van der Waals surface area contributed by atoms with Crippen molar-refractivity contribution in [2.75, 3.05) is 32.9 Å². The largest absolute Gasteiger partial charge is 0.467 e. The van der Waals surface area contributed by atoms with Gasteiger partial charge in [0, 0.05) is 31.8 Å². The summed E-state index contributed by atoms with van der Waals surface area (Å²) < 4.78 is 46.9. The molecule has 1 saturated heterocycles. The first-order valence-corrected chi connectivity index (χ1v) is 7.42. The number of carbonyl (C=O) groups is 1. The SMILES string of the molecule is CCN(C[C@@H]1CCOC1)C(=O)c1cccnc1OCC(F)(F)F. The fourth-order valence-corrected chi connectivity index (χ4v) is 2.38. The van der Waals surface area contributed by atoms with Crippen LogP contribution in [0.5, 0.6) is 5.88 Å². The van der Waals surface area contributed by atoms with Crippen LogP contribution >= 0.6 is 0 Å². The number of rotatable bonds is 6. The highest BCUT2D eigenvalue weighted by molar-refractivity contribution is 5.96. The van der Waals surface area contributed by atoms with Crippen LogP contribution in [-0.2, 0) is 4.74 Å². The number of hydrogen-bond acceptors (Lipinski definition) is 4. The summed E-state index contributed by atoms with van der Waals surface area (Å²) in [6.07, 6.45) is -2.32. The molecule has 0 aromatic carbocycles. The quantitative estimate of drug-likeness (QED) is 0.803. The van der Waals surface area contributed by atoms with E-state index >= 15 is 0 Å². The fourth-order valence-electron chi connectivity index (χ4n) is 2.38. The van der Waals surface area contributed by atoms with Gasteiger partial charge in [-0.1, -0.05) is 0 Å². The normalized spacial score (nSPS) is 18.0. The number of amides is 1. The van der Waals surface area contributed by atoms with E-state index < -0.39 is 12.8 Å². The lowest BCUT2D eigenvalue weighted by Crippen LogP contribution is -2.36. The van der Waals surface area contributed by atoms with Crippen molar-refractivity contribution < 1.29 is 27.4 Å². The van der Waals surface area contributed by atoms with E-state index in [4.69, 9.17) is 4.74 Å². The van der Waals surface area contributed by atoms with Crippen LogP contribution in [0.2, 0.25) is 0 Å². The third-order valence-electron chi connectivity index (χ3n) is 3.55. The molecular weight excluding hydrogens is 313 g/mol. The molecule has 1 aliphatic rings. The van der Waals surface area contributed by atoms with E-state index in [2.05, 4.69) is 9.72 Å². The fraction of sp³-hybridized carbons (Fsp3) is 0.600. The molecule has 5 nitrogen and oxygen atoms in total. The number of carbonyl (C=O) groups excluding carboxylic acids is 1. The minimum Gasteiger partial charge on any atom is -0.467 e. The van der Waals surface area contributed by atoms with Gasteiger partial charge in [-0.2, -0.15) is 13.2 Å². The zero-order valence-corrected chi connectivity index (χ0v) is 12.8. The molecule has 0 bridgehead atoms. The van der Waals surface area contributed by atoms with E-state index in [9.17, 15) is 18.0 Å². The van der Waals surface area contributed by atoms with Crippen molar-refractivity contribution in [2.24, 2.45) is 5.92 Å². The average Bonchev–Trinajstić information content (AvgIpc) is 3.02. The molecule has 0 spiro atoms. The Morgan fingerprint density at radius 3 is 2.91 bits per heavy atom. The summed E-state index contributed by atoms with van der Waals surface area (Å²) >= 11 is 0. The first kappa shape index (κ1) is 17.5. The number of ether oxygens (including phenoxy) is 2. The molecule has 2 heterocycles. The monoisotopic (exact) mass is 332 g/mol. The first-order valence-electron chi connectivity index (χ1n) is 7.42. The third kappa shape index (κ3) is 5.09. The number of alkyl halides is 3. The number of nitrogens with zero attached hydrogens (tertiary/aromatic N) is 2. The van der Waals surface area contributed by atoms with Gasteiger partial charge in [-0.3, -0.25) is 4.79 Å². The second-order valence-electron chi connectivity index (χ2n) is 5.33. The van der Waals surface area contributed by atoms with Gasteiger partial charge in [0.25, 0.3) is 5.91 Å². The van der Waals surface area contributed by atoms with Crippen molar-refractivity contribution in [3.05, 3.63) is 23.9 Å². The number of halogens is 3. The zero-order valence-electron chi connectivity index (χ0n) is 12.8. The van der Waals surface area contributed by atoms with Gasteiger partial charge in [0.2, 0.25) is 5.88 Å². The van der Waals surface area contributed by atoms with Crippen LogP contribution in [0.3, 0.4) is 0 Å². The minimum atomic E-state index is -4.48. The van der Waals surface area contributed by atoms with E-state index in [0.29, 0.717) is 26.3 Å².